The molecule has 0 radical (unpaired) electrons. The van der Waals surface area contributed by atoms with Gasteiger partial charge in [0.05, 0.1) is 6.04 Å². The summed E-state index contributed by atoms with van der Waals surface area (Å²) in [4.78, 5) is 13.8. The smallest absolute Gasteiger partial charge is 0.411 e. The Morgan fingerprint density at radius 2 is 1.81 bits per heavy atom. The van der Waals surface area contributed by atoms with Crippen LogP contribution in [-0.4, -0.2) is 29.2 Å². The summed E-state index contributed by atoms with van der Waals surface area (Å²) in [5.74, 6) is 0. The fraction of sp³-hybridized carbons (Fsp3) is 0.769. The average molecular weight is 225 g/mol. The lowest BCUT2D eigenvalue weighted by Gasteiger charge is -2.35. The lowest BCUT2D eigenvalue weighted by Crippen LogP contribution is -2.45. The van der Waals surface area contributed by atoms with Crippen molar-refractivity contribution in [1.29, 1.82) is 0 Å². The predicted octanol–water partition coefficient (Wildman–Crippen LogP) is 3.21. The second-order valence-corrected chi connectivity index (χ2v) is 6.37. The van der Waals surface area contributed by atoms with E-state index < -0.39 is 5.60 Å². The molecule has 0 saturated carbocycles. The van der Waals surface area contributed by atoms with Gasteiger partial charge in [-0.05, 0) is 26.2 Å². The monoisotopic (exact) mass is 225 g/mol. The van der Waals surface area contributed by atoms with E-state index in [1.165, 1.54) is 0 Å². The summed E-state index contributed by atoms with van der Waals surface area (Å²) in [6.07, 6.45) is 3.89. The van der Waals surface area contributed by atoms with Crippen LogP contribution in [0.4, 0.5) is 4.79 Å². The number of amides is 1. The molecule has 1 atom stereocenters. The number of rotatable bonds is 0. The van der Waals surface area contributed by atoms with Crippen molar-refractivity contribution < 1.29 is 9.53 Å². The molecule has 0 N–H and O–H groups in total. The Bertz CT molecular complexity index is 294. The third-order valence-corrected chi connectivity index (χ3v) is 2.47. The minimum absolute atomic E-state index is 0.0455. The normalized spacial score (nSPS) is 21.4. The van der Waals surface area contributed by atoms with E-state index >= 15 is 0 Å². The van der Waals surface area contributed by atoms with Gasteiger partial charge in [0.25, 0.3) is 0 Å². The number of nitrogens with zero attached hydrogens (tertiary/aromatic N) is 1. The molecule has 0 spiro atoms. The van der Waals surface area contributed by atoms with Gasteiger partial charge < -0.3 is 4.74 Å². The zero-order valence-electron chi connectivity index (χ0n) is 11.2. The van der Waals surface area contributed by atoms with Crippen LogP contribution in [0, 0.1) is 5.41 Å². The van der Waals surface area contributed by atoms with Gasteiger partial charge in [-0.2, -0.15) is 0 Å². The summed E-state index contributed by atoms with van der Waals surface area (Å²) in [5, 5.41) is 0. The van der Waals surface area contributed by atoms with Gasteiger partial charge in [0, 0.05) is 6.54 Å². The van der Waals surface area contributed by atoms with Crippen molar-refractivity contribution in [1.82, 2.24) is 4.90 Å². The fourth-order valence-corrected chi connectivity index (χ4v) is 1.79. The number of hydrogen-bond donors (Lipinski definition) is 0. The molecule has 0 aliphatic carbocycles. The van der Waals surface area contributed by atoms with Crippen LogP contribution in [-0.2, 0) is 4.74 Å². The van der Waals surface area contributed by atoms with Crippen LogP contribution >= 0.6 is 0 Å². The summed E-state index contributed by atoms with van der Waals surface area (Å²) >= 11 is 0. The van der Waals surface area contributed by atoms with E-state index in [0.29, 0.717) is 6.54 Å². The molecule has 1 aliphatic rings. The van der Waals surface area contributed by atoms with Gasteiger partial charge in [-0.3, -0.25) is 4.90 Å². The molecular weight excluding hydrogens is 202 g/mol. The molecule has 3 nitrogen and oxygen atoms in total. The SMILES string of the molecule is CC(C)(C)OC(=O)N1CC=C[C@@H]1C(C)(C)C. The standard InChI is InChI=1S/C13H23NO2/c1-12(2,3)10-8-7-9-14(10)11(15)16-13(4,5)6/h7-8,10H,9H2,1-6H3/t10-/m1/s1. The van der Waals surface area contributed by atoms with Crippen molar-refractivity contribution >= 4 is 6.09 Å². The van der Waals surface area contributed by atoms with E-state index in [2.05, 4.69) is 26.8 Å². The second-order valence-electron chi connectivity index (χ2n) is 6.37. The first-order valence-corrected chi connectivity index (χ1v) is 5.77. The molecule has 92 valence electrons. The van der Waals surface area contributed by atoms with Crippen LogP contribution in [0.5, 0.6) is 0 Å². The molecular formula is C13H23NO2. The van der Waals surface area contributed by atoms with Crippen LogP contribution in [0.15, 0.2) is 12.2 Å². The molecule has 1 heterocycles. The molecule has 0 fully saturated rings. The van der Waals surface area contributed by atoms with Crippen molar-refractivity contribution in [3.63, 3.8) is 0 Å². The molecule has 0 aromatic carbocycles. The highest BCUT2D eigenvalue weighted by Crippen LogP contribution is 2.29. The van der Waals surface area contributed by atoms with E-state index in [1.807, 2.05) is 26.8 Å². The first-order chi connectivity index (χ1) is 7.11. The minimum Gasteiger partial charge on any atom is -0.444 e. The molecule has 0 saturated heterocycles. The van der Waals surface area contributed by atoms with Crippen LogP contribution in [0.2, 0.25) is 0 Å². The largest absolute Gasteiger partial charge is 0.444 e. The quantitative estimate of drug-likeness (QED) is 0.592. The molecule has 0 aromatic rings. The van der Waals surface area contributed by atoms with E-state index in [4.69, 9.17) is 4.74 Å². The van der Waals surface area contributed by atoms with Gasteiger partial charge in [-0.15, -0.1) is 0 Å². The van der Waals surface area contributed by atoms with Crippen LogP contribution < -0.4 is 0 Å². The summed E-state index contributed by atoms with van der Waals surface area (Å²) in [6, 6.07) is 0.127. The maximum absolute atomic E-state index is 12.0. The third-order valence-electron chi connectivity index (χ3n) is 2.47. The van der Waals surface area contributed by atoms with Crippen molar-refractivity contribution in [3.05, 3.63) is 12.2 Å². The highest BCUT2D eigenvalue weighted by atomic mass is 16.6. The molecule has 3 heteroatoms. The Morgan fingerprint density at radius 1 is 1.25 bits per heavy atom. The molecule has 16 heavy (non-hydrogen) atoms. The molecule has 0 unspecified atom stereocenters. The molecule has 0 aromatic heterocycles. The summed E-state index contributed by atoms with van der Waals surface area (Å²) in [7, 11) is 0. The van der Waals surface area contributed by atoms with E-state index in [9.17, 15) is 4.79 Å². The minimum atomic E-state index is -0.428. The summed E-state index contributed by atoms with van der Waals surface area (Å²) in [5.41, 5.74) is -0.383. The van der Waals surface area contributed by atoms with Crippen LogP contribution in [0.1, 0.15) is 41.5 Å². The van der Waals surface area contributed by atoms with Gasteiger partial charge >= 0.3 is 6.09 Å². The van der Waals surface area contributed by atoms with Gasteiger partial charge in [0.2, 0.25) is 0 Å². The van der Waals surface area contributed by atoms with Gasteiger partial charge in [0.1, 0.15) is 5.60 Å². The van der Waals surface area contributed by atoms with Crippen LogP contribution in [0.3, 0.4) is 0 Å². The number of carbonyl (C=O) groups is 1. The van der Waals surface area contributed by atoms with E-state index in [-0.39, 0.29) is 17.6 Å². The van der Waals surface area contributed by atoms with Crippen LogP contribution in [0.25, 0.3) is 0 Å². The first-order valence-electron chi connectivity index (χ1n) is 5.77. The topological polar surface area (TPSA) is 29.5 Å². The Hall–Kier alpha value is -0.990. The van der Waals surface area contributed by atoms with Crippen molar-refractivity contribution in [2.24, 2.45) is 5.41 Å². The number of ether oxygens (including phenoxy) is 1. The maximum atomic E-state index is 12.0. The van der Waals surface area contributed by atoms with Crippen molar-refractivity contribution in [2.75, 3.05) is 6.54 Å². The zero-order chi connectivity index (χ0) is 12.6. The number of hydrogen-bond acceptors (Lipinski definition) is 2. The summed E-state index contributed by atoms with van der Waals surface area (Å²) in [6.45, 7) is 12.7. The molecule has 1 aliphatic heterocycles. The zero-order valence-corrected chi connectivity index (χ0v) is 11.2. The third kappa shape index (κ3) is 3.26. The van der Waals surface area contributed by atoms with E-state index in [0.717, 1.165) is 0 Å². The van der Waals surface area contributed by atoms with Crippen molar-refractivity contribution in [2.45, 2.75) is 53.2 Å². The van der Waals surface area contributed by atoms with E-state index in [1.54, 1.807) is 4.90 Å². The Balaban J connectivity index is 2.71. The fourth-order valence-electron chi connectivity index (χ4n) is 1.79. The highest BCUT2D eigenvalue weighted by molar-refractivity contribution is 5.70. The lowest BCUT2D eigenvalue weighted by molar-refractivity contribution is 0.0154. The van der Waals surface area contributed by atoms with Gasteiger partial charge in [0.15, 0.2) is 0 Å². The molecule has 0 bridgehead atoms. The number of carbonyl (C=O) groups excluding carboxylic acids is 1. The Morgan fingerprint density at radius 3 is 2.25 bits per heavy atom. The predicted molar refractivity (Wildman–Crippen MR) is 65.3 cm³/mol. The Kier molecular flexibility index (Phi) is 3.36. The van der Waals surface area contributed by atoms with Gasteiger partial charge in [-0.25, -0.2) is 4.79 Å². The average Bonchev–Trinajstić information content (AvgIpc) is 2.45. The Labute approximate surface area is 98.5 Å². The molecule has 1 rings (SSSR count). The highest BCUT2D eigenvalue weighted by Gasteiger charge is 2.35. The maximum Gasteiger partial charge on any atom is 0.411 e. The second kappa shape index (κ2) is 4.11. The molecule has 1 amide bonds. The van der Waals surface area contributed by atoms with Gasteiger partial charge in [-0.1, -0.05) is 32.9 Å². The first kappa shape index (κ1) is 13.1. The summed E-state index contributed by atoms with van der Waals surface area (Å²) < 4.78 is 5.39. The van der Waals surface area contributed by atoms with Crippen molar-refractivity contribution in [3.8, 4) is 0 Å². The lowest BCUT2D eigenvalue weighted by atomic mass is 9.87.